The van der Waals surface area contributed by atoms with Gasteiger partial charge in [-0.25, -0.2) is 4.79 Å². The van der Waals surface area contributed by atoms with Gasteiger partial charge in [-0.15, -0.1) is 11.8 Å². The van der Waals surface area contributed by atoms with Gasteiger partial charge in [0.1, 0.15) is 0 Å². The van der Waals surface area contributed by atoms with E-state index in [2.05, 4.69) is 19.2 Å². The molecule has 0 fully saturated rings. The van der Waals surface area contributed by atoms with Crippen molar-refractivity contribution in [2.24, 2.45) is 5.41 Å². The summed E-state index contributed by atoms with van der Waals surface area (Å²) in [7, 11) is 1.38. The molecule has 1 aliphatic carbocycles. The van der Waals surface area contributed by atoms with Gasteiger partial charge in [0, 0.05) is 34.2 Å². The van der Waals surface area contributed by atoms with E-state index in [1.165, 1.54) is 7.11 Å². The van der Waals surface area contributed by atoms with Gasteiger partial charge in [0.15, 0.2) is 5.78 Å². The smallest absolute Gasteiger partial charge is 0.336 e. The molecule has 0 unspecified atom stereocenters. The van der Waals surface area contributed by atoms with Crippen LogP contribution >= 0.6 is 11.8 Å². The Labute approximate surface area is 159 Å². The number of esters is 1. The van der Waals surface area contributed by atoms with Crippen molar-refractivity contribution in [2.75, 3.05) is 13.4 Å². The normalized spacial score (nSPS) is 22.0. The van der Waals surface area contributed by atoms with Crippen LogP contribution in [0.15, 0.2) is 51.7 Å². The van der Waals surface area contributed by atoms with E-state index in [0.717, 1.165) is 28.3 Å². The highest BCUT2D eigenvalue weighted by Crippen LogP contribution is 2.46. The molecular formula is C21H25NO3S. The first kappa shape index (κ1) is 18.8. The number of nitrogens with one attached hydrogen (secondary N) is 1. The molecular weight excluding hydrogens is 346 g/mol. The fourth-order valence-corrected chi connectivity index (χ4v) is 4.35. The Bertz CT molecular complexity index is 818. The van der Waals surface area contributed by atoms with Gasteiger partial charge < -0.3 is 10.1 Å². The summed E-state index contributed by atoms with van der Waals surface area (Å²) in [5.74, 6) is -0.659. The quantitative estimate of drug-likeness (QED) is 0.638. The first-order valence-electron chi connectivity index (χ1n) is 8.73. The predicted molar refractivity (Wildman–Crippen MR) is 104 cm³/mol. The number of benzene rings is 1. The Morgan fingerprint density at radius 3 is 2.46 bits per heavy atom. The summed E-state index contributed by atoms with van der Waals surface area (Å²) < 4.78 is 5.04. The van der Waals surface area contributed by atoms with Crippen LogP contribution in [0.4, 0.5) is 0 Å². The molecule has 0 bridgehead atoms. The standard InChI is InChI=1S/C21H25NO3S/c1-12-17(20(24)25-4)18(13-6-8-14(26-5)9-7-13)19-15(22-12)10-21(2,3)11-16(19)23/h6-9,18,22H,10-11H2,1-5H3/t18-/m0/s1. The molecule has 26 heavy (non-hydrogen) atoms. The molecule has 0 aromatic heterocycles. The summed E-state index contributed by atoms with van der Waals surface area (Å²) in [6.45, 7) is 6.09. The maximum atomic E-state index is 13.0. The van der Waals surface area contributed by atoms with Crippen molar-refractivity contribution in [1.29, 1.82) is 0 Å². The van der Waals surface area contributed by atoms with Crippen LogP contribution in [-0.2, 0) is 14.3 Å². The molecule has 0 saturated heterocycles. The number of hydrogen-bond acceptors (Lipinski definition) is 5. The molecule has 138 valence electrons. The van der Waals surface area contributed by atoms with Gasteiger partial charge in [-0.3, -0.25) is 4.79 Å². The molecule has 1 aliphatic heterocycles. The molecule has 1 N–H and O–H groups in total. The SMILES string of the molecule is COC(=O)C1=C(C)NC2=C(C(=O)CC(C)(C)C2)[C@H]1c1ccc(SC)cc1. The molecule has 1 aromatic rings. The van der Waals surface area contributed by atoms with Crippen LogP contribution in [0.2, 0.25) is 0 Å². The molecule has 1 aromatic carbocycles. The lowest BCUT2D eigenvalue weighted by Crippen LogP contribution is -2.38. The van der Waals surface area contributed by atoms with E-state index in [-0.39, 0.29) is 17.1 Å². The molecule has 5 heteroatoms. The fourth-order valence-electron chi connectivity index (χ4n) is 3.95. The summed E-state index contributed by atoms with van der Waals surface area (Å²) in [5.41, 5.74) is 3.81. The highest BCUT2D eigenvalue weighted by atomic mass is 32.2. The molecule has 0 saturated carbocycles. The minimum atomic E-state index is -0.391. The van der Waals surface area contributed by atoms with E-state index in [1.54, 1.807) is 11.8 Å². The highest BCUT2D eigenvalue weighted by molar-refractivity contribution is 7.98. The number of dihydropyridines is 1. The Kier molecular flexibility index (Phi) is 5.02. The van der Waals surface area contributed by atoms with Crippen molar-refractivity contribution >= 4 is 23.5 Å². The van der Waals surface area contributed by atoms with Gasteiger partial charge in [-0.05, 0) is 42.7 Å². The zero-order valence-corrected chi connectivity index (χ0v) is 16.8. The van der Waals surface area contributed by atoms with Gasteiger partial charge in [0.2, 0.25) is 0 Å². The number of thioether (sulfide) groups is 1. The number of Topliss-reactive ketones (excluding diaryl/α,β-unsaturated/α-hetero) is 1. The van der Waals surface area contributed by atoms with Crippen molar-refractivity contribution < 1.29 is 14.3 Å². The van der Waals surface area contributed by atoms with Crippen LogP contribution in [0.3, 0.4) is 0 Å². The second kappa shape index (κ2) is 6.95. The predicted octanol–water partition coefficient (Wildman–Crippen LogP) is 4.19. The van der Waals surface area contributed by atoms with Crippen molar-refractivity contribution in [3.63, 3.8) is 0 Å². The number of methoxy groups -OCH3 is 1. The summed E-state index contributed by atoms with van der Waals surface area (Å²) in [5, 5.41) is 3.33. The molecule has 0 radical (unpaired) electrons. The average Bonchev–Trinajstić information content (AvgIpc) is 2.59. The maximum Gasteiger partial charge on any atom is 0.336 e. The minimum Gasteiger partial charge on any atom is -0.466 e. The molecule has 0 spiro atoms. The topological polar surface area (TPSA) is 55.4 Å². The Morgan fingerprint density at radius 1 is 1.23 bits per heavy atom. The number of allylic oxidation sites excluding steroid dienone is 3. The zero-order valence-electron chi connectivity index (χ0n) is 15.9. The minimum absolute atomic E-state index is 0.0841. The summed E-state index contributed by atoms with van der Waals surface area (Å²) in [4.78, 5) is 26.7. The summed E-state index contributed by atoms with van der Waals surface area (Å²) >= 11 is 1.66. The van der Waals surface area contributed by atoms with Crippen LogP contribution in [0.25, 0.3) is 0 Å². The summed E-state index contributed by atoms with van der Waals surface area (Å²) in [6.07, 6.45) is 3.30. The lowest BCUT2D eigenvalue weighted by molar-refractivity contribution is -0.136. The number of carbonyl (C=O) groups excluding carboxylic acids is 2. The molecule has 1 heterocycles. The molecule has 3 rings (SSSR count). The lowest BCUT2D eigenvalue weighted by atomic mass is 9.68. The maximum absolute atomic E-state index is 13.0. The largest absolute Gasteiger partial charge is 0.466 e. The van der Waals surface area contributed by atoms with E-state index < -0.39 is 5.97 Å². The van der Waals surface area contributed by atoms with E-state index in [9.17, 15) is 9.59 Å². The second-order valence-corrected chi connectivity index (χ2v) is 8.57. The first-order chi connectivity index (χ1) is 12.3. The van der Waals surface area contributed by atoms with Gasteiger partial charge >= 0.3 is 5.97 Å². The molecule has 2 aliphatic rings. The lowest BCUT2D eigenvalue weighted by Gasteiger charge is -2.39. The van der Waals surface area contributed by atoms with E-state index >= 15 is 0 Å². The molecule has 0 amide bonds. The van der Waals surface area contributed by atoms with E-state index in [4.69, 9.17) is 4.74 Å². The van der Waals surface area contributed by atoms with E-state index in [0.29, 0.717) is 17.6 Å². The first-order valence-corrected chi connectivity index (χ1v) is 9.96. The van der Waals surface area contributed by atoms with Gasteiger partial charge in [-0.1, -0.05) is 26.0 Å². The van der Waals surface area contributed by atoms with Crippen LogP contribution < -0.4 is 5.32 Å². The monoisotopic (exact) mass is 371 g/mol. The van der Waals surface area contributed by atoms with Crippen LogP contribution in [-0.4, -0.2) is 25.1 Å². The molecule has 4 nitrogen and oxygen atoms in total. The van der Waals surface area contributed by atoms with Gasteiger partial charge in [-0.2, -0.15) is 0 Å². The highest BCUT2D eigenvalue weighted by Gasteiger charge is 2.42. The third kappa shape index (κ3) is 3.32. The van der Waals surface area contributed by atoms with Crippen LogP contribution in [0.1, 0.15) is 45.1 Å². The fraction of sp³-hybridized carbons (Fsp3) is 0.429. The number of ketones is 1. The third-order valence-corrected chi connectivity index (χ3v) is 5.84. The van der Waals surface area contributed by atoms with E-state index in [1.807, 2.05) is 37.4 Å². The second-order valence-electron chi connectivity index (χ2n) is 7.69. The number of carbonyl (C=O) groups is 2. The Balaban J connectivity index is 2.17. The number of rotatable bonds is 3. The van der Waals surface area contributed by atoms with Crippen molar-refractivity contribution in [3.8, 4) is 0 Å². The van der Waals surface area contributed by atoms with Gasteiger partial charge in [0.05, 0.1) is 12.7 Å². The average molecular weight is 372 g/mol. The Hall–Kier alpha value is -2.01. The summed E-state index contributed by atoms with van der Waals surface area (Å²) in [6, 6.07) is 8.08. The van der Waals surface area contributed by atoms with Crippen molar-refractivity contribution in [1.82, 2.24) is 5.32 Å². The van der Waals surface area contributed by atoms with Crippen molar-refractivity contribution in [3.05, 3.63) is 52.4 Å². The zero-order chi connectivity index (χ0) is 19.1. The Morgan fingerprint density at radius 2 is 1.88 bits per heavy atom. The number of hydrogen-bond donors (Lipinski definition) is 1. The van der Waals surface area contributed by atoms with Gasteiger partial charge in [0.25, 0.3) is 0 Å². The molecule has 1 atom stereocenters. The van der Waals surface area contributed by atoms with Crippen LogP contribution in [0, 0.1) is 5.41 Å². The van der Waals surface area contributed by atoms with Crippen LogP contribution in [0.5, 0.6) is 0 Å². The number of ether oxygens (including phenoxy) is 1. The van der Waals surface area contributed by atoms with Crippen molar-refractivity contribution in [2.45, 2.75) is 44.4 Å². The third-order valence-electron chi connectivity index (χ3n) is 5.09.